The SMILES string of the molecule is COc1cc(F)ccc1Nc1nc2cc(F)ccc2s1. The minimum Gasteiger partial charge on any atom is -0.494 e. The molecule has 2 aromatic carbocycles. The zero-order valence-corrected chi connectivity index (χ0v) is 11.3. The highest BCUT2D eigenvalue weighted by atomic mass is 32.1. The predicted molar refractivity (Wildman–Crippen MR) is 75.8 cm³/mol. The third kappa shape index (κ3) is 2.42. The number of hydrogen-bond acceptors (Lipinski definition) is 4. The van der Waals surface area contributed by atoms with E-state index >= 15 is 0 Å². The van der Waals surface area contributed by atoms with Gasteiger partial charge in [-0.25, -0.2) is 13.8 Å². The smallest absolute Gasteiger partial charge is 0.188 e. The summed E-state index contributed by atoms with van der Waals surface area (Å²) in [5.74, 6) is -0.317. The topological polar surface area (TPSA) is 34.1 Å². The lowest BCUT2D eigenvalue weighted by molar-refractivity contribution is 0.413. The van der Waals surface area contributed by atoms with E-state index in [-0.39, 0.29) is 11.6 Å². The van der Waals surface area contributed by atoms with Crippen LogP contribution in [0.4, 0.5) is 19.6 Å². The number of halogens is 2. The van der Waals surface area contributed by atoms with Crippen molar-refractivity contribution in [1.29, 1.82) is 0 Å². The van der Waals surface area contributed by atoms with E-state index in [1.807, 2.05) is 0 Å². The van der Waals surface area contributed by atoms with Crippen molar-refractivity contribution in [2.24, 2.45) is 0 Å². The number of rotatable bonds is 3. The third-order valence-corrected chi connectivity index (χ3v) is 3.71. The van der Waals surface area contributed by atoms with Gasteiger partial charge >= 0.3 is 0 Å². The standard InChI is InChI=1S/C14H10F2N2OS/c1-19-12-7-9(16)2-4-10(12)17-14-18-11-6-8(15)3-5-13(11)20-14/h2-7H,1H3,(H,17,18). The van der Waals surface area contributed by atoms with E-state index in [2.05, 4.69) is 10.3 Å². The minimum atomic E-state index is -0.376. The Balaban J connectivity index is 1.96. The largest absolute Gasteiger partial charge is 0.494 e. The summed E-state index contributed by atoms with van der Waals surface area (Å²) in [5.41, 5.74) is 1.19. The first kappa shape index (κ1) is 12.8. The van der Waals surface area contributed by atoms with Gasteiger partial charge in [0.1, 0.15) is 17.4 Å². The van der Waals surface area contributed by atoms with E-state index in [0.717, 1.165) is 4.70 Å². The van der Waals surface area contributed by atoms with E-state index in [9.17, 15) is 8.78 Å². The van der Waals surface area contributed by atoms with Gasteiger partial charge in [0.15, 0.2) is 5.13 Å². The molecule has 0 radical (unpaired) electrons. The average Bonchev–Trinajstić information content (AvgIpc) is 2.82. The number of ether oxygens (including phenoxy) is 1. The van der Waals surface area contributed by atoms with Crippen molar-refractivity contribution in [3.63, 3.8) is 0 Å². The Morgan fingerprint density at radius 3 is 2.65 bits per heavy atom. The molecule has 1 aromatic heterocycles. The Bertz CT molecular complexity index is 773. The molecule has 0 aliphatic rings. The van der Waals surface area contributed by atoms with Crippen molar-refractivity contribution < 1.29 is 13.5 Å². The molecule has 0 aliphatic carbocycles. The van der Waals surface area contributed by atoms with Crippen molar-refractivity contribution >= 4 is 32.4 Å². The molecule has 1 N–H and O–H groups in total. The van der Waals surface area contributed by atoms with Crippen LogP contribution in [-0.2, 0) is 0 Å². The van der Waals surface area contributed by atoms with Crippen molar-refractivity contribution in [1.82, 2.24) is 4.98 Å². The van der Waals surface area contributed by atoms with Crippen molar-refractivity contribution in [2.45, 2.75) is 0 Å². The van der Waals surface area contributed by atoms with Crippen LogP contribution in [0.25, 0.3) is 10.2 Å². The van der Waals surface area contributed by atoms with Gasteiger partial charge in [-0.3, -0.25) is 0 Å². The molecule has 0 saturated carbocycles. The molecule has 6 heteroatoms. The van der Waals surface area contributed by atoms with E-state index in [1.54, 1.807) is 12.1 Å². The molecule has 0 aliphatic heterocycles. The molecule has 0 fully saturated rings. The Hall–Kier alpha value is -2.21. The summed E-state index contributed by atoms with van der Waals surface area (Å²) in [7, 11) is 1.47. The Kier molecular flexibility index (Phi) is 3.23. The van der Waals surface area contributed by atoms with Gasteiger partial charge < -0.3 is 10.1 Å². The van der Waals surface area contributed by atoms with Gasteiger partial charge in [0, 0.05) is 12.1 Å². The van der Waals surface area contributed by atoms with Crippen molar-refractivity contribution in [3.05, 3.63) is 48.0 Å². The molecule has 102 valence electrons. The summed E-state index contributed by atoms with van der Waals surface area (Å²) >= 11 is 1.39. The summed E-state index contributed by atoms with van der Waals surface area (Å²) < 4.78 is 32.2. The molecule has 20 heavy (non-hydrogen) atoms. The maximum absolute atomic E-state index is 13.1. The lowest BCUT2D eigenvalue weighted by Crippen LogP contribution is -1.94. The van der Waals surface area contributed by atoms with Crippen LogP contribution in [-0.4, -0.2) is 12.1 Å². The molecule has 0 saturated heterocycles. The molecular formula is C14H10F2N2OS. The molecule has 3 rings (SSSR count). The highest BCUT2D eigenvalue weighted by molar-refractivity contribution is 7.22. The monoisotopic (exact) mass is 292 g/mol. The number of nitrogens with one attached hydrogen (secondary N) is 1. The summed E-state index contributed by atoms with van der Waals surface area (Å²) in [4.78, 5) is 4.28. The van der Waals surface area contributed by atoms with Crippen molar-refractivity contribution in [2.75, 3.05) is 12.4 Å². The van der Waals surface area contributed by atoms with Gasteiger partial charge in [-0.2, -0.15) is 0 Å². The summed E-state index contributed by atoms with van der Waals surface area (Å²) in [6.45, 7) is 0. The third-order valence-electron chi connectivity index (χ3n) is 2.75. The van der Waals surface area contributed by atoms with Crippen LogP contribution < -0.4 is 10.1 Å². The number of benzene rings is 2. The van der Waals surface area contributed by atoms with Gasteiger partial charge in [0.2, 0.25) is 0 Å². The zero-order valence-electron chi connectivity index (χ0n) is 10.5. The molecule has 3 nitrogen and oxygen atoms in total. The first-order valence-electron chi connectivity index (χ1n) is 5.82. The molecular weight excluding hydrogens is 282 g/mol. The molecule has 3 aromatic rings. The van der Waals surface area contributed by atoms with E-state index < -0.39 is 0 Å². The van der Waals surface area contributed by atoms with Gasteiger partial charge in [-0.1, -0.05) is 11.3 Å². The van der Waals surface area contributed by atoms with E-state index in [1.165, 1.54) is 42.7 Å². The quantitative estimate of drug-likeness (QED) is 0.780. The fraction of sp³-hybridized carbons (Fsp3) is 0.0714. The highest BCUT2D eigenvalue weighted by Crippen LogP contribution is 2.32. The number of aromatic nitrogens is 1. The second kappa shape index (κ2) is 5.05. The Morgan fingerprint density at radius 1 is 1.10 bits per heavy atom. The second-order valence-corrected chi connectivity index (χ2v) is 5.13. The molecule has 1 heterocycles. The lowest BCUT2D eigenvalue weighted by atomic mass is 10.3. The number of hydrogen-bond donors (Lipinski definition) is 1. The van der Waals surface area contributed by atoms with Crippen LogP contribution in [0, 0.1) is 11.6 Å². The van der Waals surface area contributed by atoms with E-state index in [0.29, 0.717) is 22.1 Å². The molecule has 0 amide bonds. The summed E-state index contributed by atoms with van der Waals surface area (Å²) in [6.07, 6.45) is 0. The first-order valence-corrected chi connectivity index (χ1v) is 6.64. The number of fused-ring (bicyclic) bond motifs is 1. The maximum atomic E-state index is 13.1. The van der Waals surface area contributed by atoms with Crippen LogP contribution in [0.2, 0.25) is 0 Å². The fourth-order valence-corrected chi connectivity index (χ4v) is 2.70. The number of methoxy groups -OCH3 is 1. The van der Waals surface area contributed by atoms with Gasteiger partial charge in [0.25, 0.3) is 0 Å². The van der Waals surface area contributed by atoms with Crippen LogP contribution in [0.15, 0.2) is 36.4 Å². The van der Waals surface area contributed by atoms with Crippen LogP contribution in [0.1, 0.15) is 0 Å². The molecule has 0 atom stereocenters. The number of thiazole rings is 1. The average molecular weight is 292 g/mol. The van der Waals surface area contributed by atoms with Gasteiger partial charge in [0.05, 0.1) is 23.0 Å². The first-order chi connectivity index (χ1) is 9.65. The fourth-order valence-electron chi connectivity index (χ4n) is 1.84. The number of anilines is 2. The summed E-state index contributed by atoms with van der Waals surface area (Å²) in [6, 6.07) is 8.63. The second-order valence-electron chi connectivity index (χ2n) is 4.10. The van der Waals surface area contributed by atoms with Gasteiger partial charge in [-0.15, -0.1) is 0 Å². The number of nitrogens with zero attached hydrogens (tertiary/aromatic N) is 1. The molecule has 0 bridgehead atoms. The summed E-state index contributed by atoms with van der Waals surface area (Å²) in [5, 5.41) is 3.65. The highest BCUT2D eigenvalue weighted by Gasteiger charge is 2.09. The normalized spacial score (nSPS) is 10.8. The van der Waals surface area contributed by atoms with Crippen LogP contribution in [0.5, 0.6) is 5.75 Å². The molecule has 0 unspecified atom stereocenters. The van der Waals surface area contributed by atoms with Crippen molar-refractivity contribution in [3.8, 4) is 5.75 Å². The Morgan fingerprint density at radius 2 is 1.85 bits per heavy atom. The predicted octanol–water partition coefficient (Wildman–Crippen LogP) is 4.33. The minimum absolute atomic E-state index is 0.325. The lowest BCUT2D eigenvalue weighted by Gasteiger charge is -2.08. The van der Waals surface area contributed by atoms with E-state index in [4.69, 9.17) is 4.74 Å². The maximum Gasteiger partial charge on any atom is 0.188 e. The Labute approximate surface area is 117 Å². The van der Waals surface area contributed by atoms with Gasteiger partial charge in [-0.05, 0) is 24.3 Å². The van der Waals surface area contributed by atoms with Crippen LogP contribution >= 0.6 is 11.3 Å². The van der Waals surface area contributed by atoms with Crippen LogP contribution in [0.3, 0.4) is 0 Å². The zero-order chi connectivity index (χ0) is 14.1. The molecule has 0 spiro atoms.